The van der Waals surface area contributed by atoms with Crippen LogP contribution in [0.25, 0.3) is 10.9 Å². The highest BCUT2D eigenvalue weighted by Gasteiger charge is 2.26. The minimum absolute atomic E-state index is 0. The number of amides is 2. The number of nitrogens with zero attached hydrogens (tertiary/aromatic N) is 1. The van der Waals surface area contributed by atoms with Crippen molar-refractivity contribution in [3.05, 3.63) is 36.5 Å². The smallest absolute Gasteiger partial charge is 0.243 e. The summed E-state index contributed by atoms with van der Waals surface area (Å²) in [4.78, 5) is 28.3. The molecule has 1 aromatic heterocycles. The first-order valence-corrected chi connectivity index (χ1v) is 8.29. The number of para-hydroxylation sites is 1. The molecule has 0 aliphatic heterocycles. The molecule has 8 heteroatoms. The molecule has 1 aromatic carbocycles. The Kier molecular flexibility index (Phi) is 8.78. The third kappa shape index (κ3) is 5.56. The van der Waals surface area contributed by atoms with E-state index in [4.69, 9.17) is 5.73 Å². The summed E-state index contributed by atoms with van der Waals surface area (Å²) in [6.07, 6.45) is 5.12. The number of carbonyl (C=O) groups is 2. The van der Waals surface area contributed by atoms with Gasteiger partial charge in [-0.2, -0.15) is 0 Å². The highest BCUT2D eigenvalue weighted by Crippen LogP contribution is 2.26. The summed E-state index contributed by atoms with van der Waals surface area (Å²) in [7, 11) is 0. The maximum Gasteiger partial charge on any atom is 0.243 e. The molecule has 1 saturated carbocycles. The van der Waals surface area contributed by atoms with Crippen LogP contribution in [0.15, 0.2) is 36.5 Å². The van der Waals surface area contributed by atoms with Crippen molar-refractivity contribution in [3.8, 4) is 0 Å². The lowest BCUT2D eigenvalue weighted by Gasteiger charge is -2.14. The zero-order valence-electron chi connectivity index (χ0n) is 14.3. The lowest BCUT2D eigenvalue weighted by molar-refractivity contribution is -0.124. The molecule has 1 heterocycles. The van der Waals surface area contributed by atoms with Gasteiger partial charge in [0.05, 0.1) is 17.7 Å². The number of anilines is 1. The summed E-state index contributed by atoms with van der Waals surface area (Å²) >= 11 is 0. The molecule has 4 N–H and O–H groups in total. The number of aromatic nitrogens is 1. The SMILES string of the molecule is Cl.Cl.N[C@@H]1CCC[C@H]1CC(=O)NCC(=O)Nc1cccc2cccnc12. The molecular weight excluding hydrogens is 375 g/mol. The molecule has 1 aliphatic rings. The molecule has 0 spiro atoms. The van der Waals surface area contributed by atoms with Crippen LogP contribution in [0, 0.1) is 5.92 Å². The Morgan fingerprint density at radius 2 is 1.88 bits per heavy atom. The van der Waals surface area contributed by atoms with Gasteiger partial charge in [0, 0.05) is 24.0 Å². The van der Waals surface area contributed by atoms with Crippen LogP contribution in [0.1, 0.15) is 25.7 Å². The summed E-state index contributed by atoms with van der Waals surface area (Å²) in [5, 5.41) is 6.43. The fourth-order valence-corrected chi connectivity index (χ4v) is 3.21. The molecule has 6 nitrogen and oxygen atoms in total. The van der Waals surface area contributed by atoms with Gasteiger partial charge in [0.1, 0.15) is 0 Å². The molecule has 3 rings (SSSR count). The van der Waals surface area contributed by atoms with Crippen LogP contribution >= 0.6 is 24.8 Å². The van der Waals surface area contributed by atoms with Gasteiger partial charge in [-0.15, -0.1) is 24.8 Å². The lowest BCUT2D eigenvalue weighted by atomic mass is 10.00. The first-order chi connectivity index (χ1) is 11.6. The van der Waals surface area contributed by atoms with Crippen LogP contribution in [0.4, 0.5) is 5.69 Å². The zero-order valence-corrected chi connectivity index (χ0v) is 15.9. The molecule has 0 radical (unpaired) electrons. The number of pyridine rings is 1. The Bertz CT molecular complexity index is 752. The van der Waals surface area contributed by atoms with E-state index in [2.05, 4.69) is 15.6 Å². The fraction of sp³-hybridized carbons (Fsp3) is 0.389. The lowest BCUT2D eigenvalue weighted by Crippen LogP contribution is -2.36. The van der Waals surface area contributed by atoms with E-state index < -0.39 is 0 Å². The van der Waals surface area contributed by atoms with Crippen LogP contribution in [0.3, 0.4) is 0 Å². The molecule has 2 amide bonds. The summed E-state index contributed by atoms with van der Waals surface area (Å²) in [6, 6.07) is 9.48. The first kappa shape index (κ1) is 22.2. The van der Waals surface area contributed by atoms with E-state index >= 15 is 0 Å². The van der Waals surface area contributed by atoms with Gasteiger partial charge >= 0.3 is 0 Å². The van der Waals surface area contributed by atoms with Gasteiger partial charge in [0.2, 0.25) is 11.8 Å². The summed E-state index contributed by atoms with van der Waals surface area (Å²) < 4.78 is 0. The maximum absolute atomic E-state index is 12.1. The van der Waals surface area contributed by atoms with Crippen LogP contribution in [-0.2, 0) is 9.59 Å². The van der Waals surface area contributed by atoms with Gasteiger partial charge in [-0.25, -0.2) is 0 Å². The molecule has 1 fully saturated rings. The minimum atomic E-state index is -0.266. The number of nitrogens with one attached hydrogen (secondary N) is 2. The van der Waals surface area contributed by atoms with Crippen molar-refractivity contribution in [1.82, 2.24) is 10.3 Å². The topological polar surface area (TPSA) is 97.1 Å². The van der Waals surface area contributed by atoms with Gasteiger partial charge in [-0.3, -0.25) is 14.6 Å². The van der Waals surface area contributed by atoms with E-state index in [1.807, 2.05) is 24.3 Å². The van der Waals surface area contributed by atoms with Crippen LogP contribution in [0.5, 0.6) is 0 Å². The van der Waals surface area contributed by atoms with Crippen molar-refractivity contribution in [2.24, 2.45) is 11.7 Å². The van der Waals surface area contributed by atoms with Crippen molar-refractivity contribution in [3.63, 3.8) is 0 Å². The summed E-state index contributed by atoms with van der Waals surface area (Å²) in [5.74, 6) is -0.156. The van der Waals surface area contributed by atoms with E-state index in [1.54, 1.807) is 12.3 Å². The van der Waals surface area contributed by atoms with Gasteiger partial charge < -0.3 is 16.4 Å². The number of halogens is 2. The Morgan fingerprint density at radius 3 is 2.62 bits per heavy atom. The fourth-order valence-electron chi connectivity index (χ4n) is 3.21. The monoisotopic (exact) mass is 398 g/mol. The van der Waals surface area contributed by atoms with Crippen molar-refractivity contribution < 1.29 is 9.59 Å². The first-order valence-electron chi connectivity index (χ1n) is 8.29. The number of fused-ring (bicyclic) bond motifs is 1. The predicted molar refractivity (Wildman–Crippen MR) is 108 cm³/mol. The second-order valence-electron chi connectivity index (χ2n) is 6.26. The molecule has 0 bridgehead atoms. The van der Waals surface area contributed by atoms with Gasteiger partial charge in [-0.05, 0) is 30.9 Å². The van der Waals surface area contributed by atoms with Crippen molar-refractivity contribution in [1.29, 1.82) is 0 Å². The van der Waals surface area contributed by atoms with Crippen LogP contribution in [-0.4, -0.2) is 29.4 Å². The number of nitrogens with two attached hydrogens (primary N) is 1. The van der Waals surface area contributed by atoms with E-state index in [0.717, 1.165) is 30.2 Å². The van der Waals surface area contributed by atoms with E-state index in [0.29, 0.717) is 12.1 Å². The van der Waals surface area contributed by atoms with Crippen molar-refractivity contribution in [2.75, 3.05) is 11.9 Å². The summed E-state index contributed by atoms with van der Waals surface area (Å²) in [5.41, 5.74) is 7.35. The number of rotatable bonds is 5. The minimum Gasteiger partial charge on any atom is -0.347 e. The quantitative estimate of drug-likeness (QED) is 0.720. The highest BCUT2D eigenvalue weighted by molar-refractivity contribution is 6.01. The molecule has 2 aromatic rings. The van der Waals surface area contributed by atoms with E-state index in [-0.39, 0.29) is 55.1 Å². The molecule has 0 unspecified atom stereocenters. The van der Waals surface area contributed by atoms with Crippen LogP contribution < -0.4 is 16.4 Å². The Hall–Kier alpha value is -1.89. The number of hydrogen-bond donors (Lipinski definition) is 3. The molecule has 0 saturated heterocycles. The van der Waals surface area contributed by atoms with Crippen molar-refractivity contribution >= 4 is 53.2 Å². The standard InChI is InChI=1S/C18H22N4O2.2ClH/c19-14-7-1-5-13(14)10-16(23)21-11-17(24)22-15-8-2-4-12-6-3-9-20-18(12)15;;/h2-4,6,8-9,13-14H,1,5,7,10-11,19H2,(H,21,23)(H,22,24);2*1H/t13-,14+;;/m0../s1. The third-order valence-electron chi connectivity index (χ3n) is 4.52. The third-order valence-corrected chi connectivity index (χ3v) is 4.52. The van der Waals surface area contributed by atoms with E-state index in [9.17, 15) is 9.59 Å². The second kappa shape index (κ2) is 10.3. The highest BCUT2D eigenvalue weighted by atomic mass is 35.5. The molecule has 1 aliphatic carbocycles. The normalized spacial score (nSPS) is 18.5. The zero-order chi connectivity index (χ0) is 16.9. The molecule has 2 atom stereocenters. The van der Waals surface area contributed by atoms with Crippen LogP contribution in [0.2, 0.25) is 0 Å². The molecular formula is C18H24Cl2N4O2. The van der Waals surface area contributed by atoms with Gasteiger partial charge in [-0.1, -0.05) is 24.6 Å². The Labute approximate surface area is 165 Å². The largest absolute Gasteiger partial charge is 0.347 e. The average molecular weight is 399 g/mol. The average Bonchev–Trinajstić information content (AvgIpc) is 2.98. The maximum atomic E-state index is 12.1. The van der Waals surface area contributed by atoms with Gasteiger partial charge in [0.15, 0.2) is 0 Å². The molecule has 26 heavy (non-hydrogen) atoms. The predicted octanol–water partition coefficient (Wildman–Crippen LogP) is 2.65. The van der Waals surface area contributed by atoms with E-state index in [1.165, 1.54) is 0 Å². The summed E-state index contributed by atoms with van der Waals surface area (Å²) in [6.45, 7) is -0.0516. The molecule has 142 valence electrons. The second-order valence-corrected chi connectivity index (χ2v) is 6.26. The van der Waals surface area contributed by atoms with Crippen molar-refractivity contribution in [2.45, 2.75) is 31.7 Å². The Balaban J connectivity index is 0.00000169. The number of carbonyl (C=O) groups excluding carboxylic acids is 2. The Morgan fingerprint density at radius 1 is 1.12 bits per heavy atom. The number of hydrogen-bond acceptors (Lipinski definition) is 4. The number of benzene rings is 1. The van der Waals surface area contributed by atoms with Gasteiger partial charge in [0.25, 0.3) is 0 Å².